The molecule has 0 fully saturated rings. The Morgan fingerprint density at radius 3 is 2.60 bits per heavy atom. The van der Waals surface area contributed by atoms with Crippen LogP contribution in [0.4, 0.5) is 0 Å². The molecule has 0 saturated heterocycles. The lowest BCUT2D eigenvalue weighted by molar-refractivity contribution is 0.252. The van der Waals surface area contributed by atoms with Gasteiger partial charge in [0, 0.05) is 10.9 Å². The molecule has 1 atom stereocenters. The summed E-state index contributed by atoms with van der Waals surface area (Å²) in [4.78, 5) is 0. The van der Waals surface area contributed by atoms with Crippen LogP contribution >= 0.6 is 11.6 Å². The smallest absolute Gasteiger partial charge is 0.209 e. The summed E-state index contributed by atoms with van der Waals surface area (Å²) in [6.45, 7) is 4.37. The quantitative estimate of drug-likeness (QED) is 0.800. The van der Waals surface area contributed by atoms with Gasteiger partial charge in [-0.2, -0.15) is 0 Å². The van der Waals surface area contributed by atoms with Crippen LogP contribution in [-0.2, 0) is 16.4 Å². The number of primary sulfonamides is 1. The summed E-state index contributed by atoms with van der Waals surface area (Å²) < 4.78 is 28.0. The third kappa shape index (κ3) is 6.11. The predicted octanol–water partition coefficient (Wildman–Crippen LogP) is 2.99. The minimum Gasteiger partial charge on any atom is -0.493 e. The van der Waals surface area contributed by atoms with Crippen molar-refractivity contribution in [1.82, 2.24) is 0 Å². The Labute approximate surface area is 126 Å². The summed E-state index contributed by atoms with van der Waals surface area (Å²) in [6.07, 6.45) is 2.49. The molecule has 1 rings (SSSR count). The van der Waals surface area contributed by atoms with Crippen LogP contribution in [0.2, 0.25) is 5.02 Å². The van der Waals surface area contributed by atoms with Gasteiger partial charge < -0.3 is 4.74 Å². The summed E-state index contributed by atoms with van der Waals surface area (Å²) in [6, 6.07) is 5.48. The Morgan fingerprint density at radius 1 is 1.35 bits per heavy atom. The Balaban J connectivity index is 2.67. The van der Waals surface area contributed by atoms with Crippen LogP contribution in [0.15, 0.2) is 18.2 Å². The van der Waals surface area contributed by atoms with E-state index >= 15 is 0 Å². The highest BCUT2D eigenvalue weighted by atomic mass is 35.5. The predicted molar refractivity (Wildman–Crippen MR) is 82.7 cm³/mol. The van der Waals surface area contributed by atoms with E-state index in [0.717, 1.165) is 29.8 Å². The molecule has 0 aromatic heterocycles. The third-order valence-electron chi connectivity index (χ3n) is 3.05. The minimum absolute atomic E-state index is 0.0466. The van der Waals surface area contributed by atoms with E-state index in [1.807, 2.05) is 19.9 Å². The van der Waals surface area contributed by atoms with Gasteiger partial charge in [0.1, 0.15) is 5.75 Å². The molecule has 1 aromatic rings. The van der Waals surface area contributed by atoms with Gasteiger partial charge in [0.05, 0.1) is 12.4 Å². The second kappa shape index (κ2) is 7.86. The highest BCUT2D eigenvalue weighted by Crippen LogP contribution is 2.23. The van der Waals surface area contributed by atoms with Crippen molar-refractivity contribution in [3.05, 3.63) is 28.8 Å². The molecule has 114 valence electrons. The Hall–Kier alpha value is -0.780. The Morgan fingerprint density at radius 2 is 2.05 bits per heavy atom. The van der Waals surface area contributed by atoms with E-state index in [4.69, 9.17) is 21.5 Å². The van der Waals surface area contributed by atoms with Gasteiger partial charge in [-0.05, 0) is 36.6 Å². The van der Waals surface area contributed by atoms with E-state index in [2.05, 4.69) is 0 Å². The molecule has 0 bridgehead atoms. The molecule has 20 heavy (non-hydrogen) atoms. The van der Waals surface area contributed by atoms with Gasteiger partial charge in [-0.1, -0.05) is 31.9 Å². The molecule has 0 aliphatic heterocycles. The number of ether oxygens (including phenoxy) is 1. The van der Waals surface area contributed by atoms with Crippen LogP contribution in [0.5, 0.6) is 5.75 Å². The van der Waals surface area contributed by atoms with Gasteiger partial charge in [0.15, 0.2) is 0 Å². The number of rotatable bonds is 8. The standard InChI is InChI=1S/C14H22ClNO3S/c1-3-5-11(10-20(16,17)18)9-19-13-6-7-14(15)12(4-2)8-13/h6-8,11H,3-5,9-10H2,1-2H3,(H2,16,17,18). The van der Waals surface area contributed by atoms with E-state index in [1.54, 1.807) is 12.1 Å². The molecular weight excluding hydrogens is 298 g/mol. The lowest BCUT2D eigenvalue weighted by Crippen LogP contribution is -2.27. The molecule has 2 N–H and O–H groups in total. The zero-order valence-electron chi connectivity index (χ0n) is 11.9. The molecule has 0 spiro atoms. The van der Waals surface area contributed by atoms with Crippen molar-refractivity contribution in [2.45, 2.75) is 33.1 Å². The van der Waals surface area contributed by atoms with E-state index in [-0.39, 0.29) is 11.7 Å². The molecule has 0 heterocycles. The largest absolute Gasteiger partial charge is 0.493 e. The fraction of sp³-hybridized carbons (Fsp3) is 0.571. The Bertz CT molecular complexity index is 531. The molecule has 4 nitrogen and oxygen atoms in total. The number of benzene rings is 1. The molecule has 0 aliphatic rings. The fourth-order valence-electron chi connectivity index (χ4n) is 2.08. The first-order valence-corrected chi connectivity index (χ1v) is 8.86. The molecule has 0 aliphatic carbocycles. The summed E-state index contributed by atoms with van der Waals surface area (Å²) in [5, 5.41) is 5.82. The molecule has 6 heteroatoms. The number of hydrogen-bond donors (Lipinski definition) is 1. The van der Waals surface area contributed by atoms with Gasteiger partial charge in [-0.25, -0.2) is 13.6 Å². The van der Waals surface area contributed by atoms with Gasteiger partial charge in [0.2, 0.25) is 10.0 Å². The summed E-state index contributed by atoms with van der Waals surface area (Å²) in [5.41, 5.74) is 1.02. The fourth-order valence-corrected chi connectivity index (χ4v) is 3.25. The third-order valence-corrected chi connectivity index (χ3v) is 4.35. The van der Waals surface area contributed by atoms with E-state index in [9.17, 15) is 8.42 Å². The second-order valence-corrected chi connectivity index (χ2v) is 6.97. The van der Waals surface area contributed by atoms with Crippen molar-refractivity contribution >= 4 is 21.6 Å². The van der Waals surface area contributed by atoms with E-state index in [0.29, 0.717) is 12.4 Å². The highest BCUT2D eigenvalue weighted by Gasteiger charge is 2.16. The maximum atomic E-state index is 11.2. The molecule has 1 aromatic carbocycles. The van der Waals surface area contributed by atoms with Crippen LogP contribution in [0, 0.1) is 5.92 Å². The van der Waals surface area contributed by atoms with Crippen LogP contribution in [0.25, 0.3) is 0 Å². The average Bonchev–Trinajstić information content (AvgIpc) is 2.36. The van der Waals surface area contributed by atoms with Gasteiger partial charge in [0.25, 0.3) is 0 Å². The first kappa shape index (κ1) is 17.3. The van der Waals surface area contributed by atoms with Crippen LogP contribution in [0.1, 0.15) is 32.3 Å². The number of halogens is 1. The Kier molecular flexibility index (Phi) is 6.79. The van der Waals surface area contributed by atoms with Crippen LogP contribution < -0.4 is 9.88 Å². The number of hydrogen-bond acceptors (Lipinski definition) is 3. The van der Waals surface area contributed by atoms with E-state index < -0.39 is 10.0 Å². The molecule has 0 radical (unpaired) electrons. The van der Waals surface area contributed by atoms with Crippen molar-refractivity contribution in [3.8, 4) is 5.75 Å². The van der Waals surface area contributed by atoms with Crippen LogP contribution in [-0.4, -0.2) is 20.8 Å². The van der Waals surface area contributed by atoms with Gasteiger partial charge in [-0.15, -0.1) is 0 Å². The SMILES string of the molecule is CCCC(COc1ccc(Cl)c(CC)c1)CS(N)(=O)=O. The maximum Gasteiger partial charge on any atom is 0.209 e. The lowest BCUT2D eigenvalue weighted by Gasteiger charge is -2.16. The highest BCUT2D eigenvalue weighted by molar-refractivity contribution is 7.89. The van der Waals surface area contributed by atoms with Crippen molar-refractivity contribution in [2.75, 3.05) is 12.4 Å². The molecule has 1 unspecified atom stereocenters. The normalized spacial score (nSPS) is 13.2. The first-order chi connectivity index (χ1) is 9.35. The maximum absolute atomic E-state index is 11.2. The zero-order valence-corrected chi connectivity index (χ0v) is 13.5. The topological polar surface area (TPSA) is 69.4 Å². The molecule has 0 amide bonds. The minimum atomic E-state index is -3.47. The monoisotopic (exact) mass is 319 g/mol. The van der Waals surface area contributed by atoms with Gasteiger partial charge in [-0.3, -0.25) is 0 Å². The summed E-state index contributed by atoms with van der Waals surface area (Å²) >= 11 is 6.04. The zero-order chi connectivity index (χ0) is 15.2. The van der Waals surface area contributed by atoms with Crippen molar-refractivity contribution in [3.63, 3.8) is 0 Å². The average molecular weight is 320 g/mol. The van der Waals surface area contributed by atoms with Crippen molar-refractivity contribution < 1.29 is 13.2 Å². The first-order valence-electron chi connectivity index (χ1n) is 6.77. The van der Waals surface area contributed by atoms with Crippen molar-refractivity contribution in [2.24, 2.45) is 11.1 Å². The van der Waals surface area contributed by atoms with Crippen LogP contribution in [0.3, 0.4) is 0 Å². The molecular formula is C14H22ClNO3S. The van der Waals surface area contributed by atoms with Crippen molar-refractivity contribution in [1.29, 1.82) is 0 Å². The van der Waals surface area contributed by atoms with E-state index in [1.165, 1.54) is 0 Å². The molecule has 0 saturated carbocycles. The summed E-state index contributed by atoms with van der Waals surface area (Å²) in [5.74, 6) is 0.576. The summed E-state index contributed by atoms with van der Waals surface area (Å²) in [7, 11) is -3.47. The number of sulfonamides is 1. The van der Waals surface area contributed by atoms with Gasteiger partial charge >= 0.3 is 0 Å². The lowest BCUT2D eigenvalue weighted by atomic mass is 10.1. The number of nitrogens with two attached hydrogens (primary N) is 1. The second-order valence-electron chi connectivity index (χ2n) is 4.90. The number of aryl methyl sites for hydroxylation is 1.